The molecule has 3 heterocycles. The Morgan fingerprint density at radius 2 is 1.92 bits per heavy atom. The summed E-state index contributed by atoms with van der Waals surface area (Å²) >= 11 is 0. The van der Waals surface area contributed by atoms with Gasteiger partial charge in [0.1, 0.15) is 11.5 Å². The largest absolute Gasteiger partial charge is 0.492 e. The van der Waals surface area contributed by atoms with Crippen LogP contribution in [0.25, 0.3) is 11.1 Å². The maximum absolute atomic E-state index is 13.0. The van der Waals surface area contributed by atoms with Gasteiger partial charge >= 0.3 is 0 Å². The molecule has 0 bridgehead atoms. The number of carbonyl (C=O) groups is 1. The van der Waals surface area contributed by atoms with Crippen molar-refractivity contribution >= 4 is 11.5 Å². The molecule has 0 unspecified atom stereocenters. The summed E-state index contributed by atoms with van der Waals surface area (Å²) in [4.78, 5) is 13.0. The molecule has 1 N–H and O–H groups in total. The summed E-state index contributed by atoms with van der Waals surface area (Å²) in [6.07, 6.45) is 0.836. The number of hydrogen-bond donors (Lipinski definition) is 1. The van der Waals surface area contributed by atoms with Crippen LogP contribution in [0, 0.1) is 13.8 Å². The normalized spacial score (nSPS) is 19.8. The van der Waals surface area contributed by atoms with Crippen LogP contribution < -0.4 is 10.1 Å². The summed E-state index contributed by atoms with van der Waals surface area (Å²) < 4.78 is 11.4. The minimum atomic E-state index is -0.600. The number of nitrogens with zero attached hydrogens (tertiary/aromatic N) is 1. The Balaban J connectivity index is 2.06. The van der Waals surface area contributed by atoms with Gasteiger partial charge in [0, 0.05) is 23.2 Å². The molecule has 132 valence electrons. The van der Waals surface area contributed by atoms with Gasteiger partial charge in [-0.15, -0.1) is 0 Å². The molecule has 0 saturated heterocycles. The second kappa shape index (κ2) is 4.87. The Kier molecular flexibility index (Phi) is 3.15. The number of hydrogen-bond acceptors (Lipinski definition) is 5. The van der Waals surface area contributed by atoms with Gasteiger partial charge in [-0.2, -0.15) is 0 Å². The first-order chi connectivity index (χ1) is 11.6. The number of nitrogens with one attached hydrogen (secondary N) is 1. The number of aryl methyl sites for hydroxylation is 2. The molecule has 2 aliphatic rings. The number of anilines is 1. The third-order valence-corrected chi connectivity index (χ3v) is 5.53. The van der Waals surface area contributed by atoms with Crippen LogP contribution in [0.3, 0.4) is 0 Å². The Hall–Kier alpha value is -2.30. The summed E-state index contributed by atoms with van der Waals surface area (Å²) in [7, 11) is 0. The lowest BCUT2D eigenvalue weighted by atomic mass is 9.68. The van der Waals surface area contributed by atoms with E-state index in [0.29, 0.717) is 6.61 Å². The zero-order valence-corrected chi connectivity index (χ0v) is 15.7. The van der Waals surface area contributed by atoms with Crippen LogP contribution in [0.1, 0.15) is 50.3 Å². The van der Waals surface area contributed by atoms with Gasteiger partial charge in [0.15, 0.2) is 5.78 Å². The molecule has 4 rings (SSSR count). The lowest BCUT2D eigenvalue weighted by molar-refractivity contribution is -0.127. The van der Waals surface area contributed by atoms with Crippen LogP contribution in [-0.2, 0) is 16.6 Å². The number of benzene rings is 1. The highest BCUT2D eigenvalue weighted by atomic mass is 16.5. The second-order valence-electron chi connectivity index (χ2n) is 8.16. The molecule has 0 fully saturated rings. The fourth-order valence-electron chi connectivity index (χ4n) is 4.34. The van der Waals surface area contributed by atoms with Gasteiger partial charge in [-0.3, -0.25) is 4.79 Å². The highest BCUT2D eigenvalue weighted by Gasteiger charge is 2.47. The van der Waals surface area contributed by atoms with Crippen LogP contribution in [0.5, 0.6) is 5.75 Å². The zero-order chi connectivity index (χ0) is 18.1. The van der Waals surface area contributed by atoms with Crippen LogP contribution in [0.4, 0.5) is 5.69 Å². The predicted molar refractivity (Wildman–Crippen MR) is 96.3 cm³/mol. The topological polar surface area (TPSA) is 64.4 Å². The second-order valence-corrected chi connectivity index (χ2v) is 8.16. The molecule has 1 aromatic heterocycles. The van der Waals surface area contributed by atoms with Crippen molar-refractivity contribution in [2.75, 3.05) is 11.9 Å². The van der Waals surface area contributed by atoms with Crippen molar-refractivity contribution < 1.29 is 14.1 Å². The minimum absolute atomic E-state index is 0.191. The fraction of sp³-hybridized carbons (Fsp3) is 0.500. The van der Waals surface area contributed by atoms with Gasteiger partial charge in [0.2, 0.25) is 0 Å². The van der Waals surface area contributed by atoms with E-state index in [4.69, 9.17) is 9.26 Å². The first-order valence-corrected chi connectivity index (χ1v) is 8.74. The number of fused-ring (bicyclic) bond motifs is 3. The van der Waals surface area contributed by atoms with Gasteiger partial charge < -0.3 is 14.6 Å². The zero-order valence-electron chi connectivity index (χ0n) is 15.7. The van der Waals surface area contributed by atoms with Crippen LogP contribution in [0.2, 0.25) is 0 Å². The standard InChI is InChI=1S/C20H24N2O3/c1-10-15(11(2)25-22-10)13-9-14-16(12-7-8-24-17(12)13)21-20(5,6)18(23)19(14,3)4/h9,21H,7-8H2,1-6H3. The average Bonchev–Trinajstić information content (AvgIpc) is 3.13. The lowest BCUT2D eigenvalue weighted by Crippen LogP contribution is -2.53. The summed E-state index contributed by atoms with van der Waals surface area (Å²) in [5, 5.41) is 7.57. The molecule has 0 aliphatic carbocycles. The fourth-order valence-corrected chi connectivity index (χ4v) is 4.34. The molecule has 25 heavy (non-hydrogen) atoms. The molecule has 0 amide bonds. The highest BCUT2D eigenvalue weighted by Crippen LogP contribution is 2.51. The monoisotopic (exact) mass is 340 g/mol. The van der Waals surface area contributed by atoms with E-state index in [0.717, 1.165) is 51.6 Å². The van der Waals surface area contributed by atoms with Crippen LogP contribution >= 0.6 is 0 Å². The van der Waals surface area contributed by atoms with Crippen molar-refractivity contribution in [1.82, 2.24) is 5.16 Å². The highest BCUT2D eigenvalue weighted by molar-refractivity contribution is 6.04. The van der Waals surface area contributed by atoms with Gasteiger partial charge in [-0.05, 0) is 53.2 Å². The SMILES string of the molecule is Cc1noc(C)c1-c1cc2c(c3c1OCC3)NC(C)(C)C(=O)C2(C)C. The van der Waals surface area contributed by atoms with Crippen molar-refractivity contribution in [1.29, 1.82) is 0 Å². The van der Waals surface area contributed by atoms with Crippen molar-refractivity contribution in [3.63, 3.8) is 0 Å². The van der Waals surface area contributed by atoms with Crippen molar-refractivity contribution in [2.24, 2.45) is 0 Å². The third kappa shape index (κ3) is 2.08. The number of carbonyl (C=O) groups excluding carboxylic acids is 1. The van der Waals surface area contributed by atoms with Gasteiger partial charge in [-0.25, -0.2) is 0 Å². The maximum atomic E-state index is 13.0. The van der Waals surface area contributed by atoms with E-state index in [2.05, 4.69) is 16.5 Å². The molecule has 0 radical (unpaired) electrons. The Labute approximate surface area is 147 Å². The molecule has 5 heteroatoms. The minimum Gasteiger partial charge on any atom is -0.492 e. The molecular weight excluding hydrogens is 316 g/mol. The predicted octanol–water partition coefficient (Wildman–Crippen LogP) is 3.94. The van der Waals surface area contributed by atoms with E-state index in [1.54, 1.807) is 0 Å². The average molecular weight is 340 g/mol. The van der Waals surface area contributed by atoms with E-state index in [9.17, 15) is 4.79 Å². The molecule has 0 saturated carbocycles. The summed E-state index contributed by atoms with van der Waals surface area (Å²) in [5.74, 6) is 1.85. The number of rotatable bonds is 1. The van der Waals surface area contributed by atoms with Crippen molar-refractivity contribution in [3.05, 3.63) is 28.6 Å². The van der Waals surface area contributed by atoms with Crippen molar-refractivity contribution in [2.45, 2.75) is 58.9 Å². The molecule has 2 aromatic rings. The van der Waals surface area contributed by atoms with Gasteiger partial charge in [0.05, 0.1) is 28.8 Å². The van der Waals surface area contributed by atoms with E-state index in [-0.39, 0.29) is 5.78 Å². The van der Waals surface area contributed by atoms with E-state index < -0.39 is 11.0 Å². The molecule has 2 aliphatic heterocycles. The molecule has 5 nitrogen and oxygen atoms in total. The van der Waals surface area contributed by atoms with Crippen molar-refractivity contribution in [3.8, 4) is 16.9 Å². The molecule has 1 aromatic carbocycles. The van der Waals surface area contributed by atoms with E-state index in [1.165, 1.54) is 0 Å². The Morgan fingerprint density at radius 1 is 1.20 bits per heavy atom. The molecular formula is C20H24N2O3. The van der Waals surface area contributed by atoms with Crippen LogP contribution in [0.15, 0.2) is 10.6 Å². The van der Waals surface area contributed by atoms with E-state index in [1.807, 2.05) is 41.5 Å². The maximum Gasteiger partial charge on any atom is 0.167 e. The summed E-state index contributed by atoms with van der Waals surface area (Å²) in [6, 6.07) is 2.09. The lowest BCUT2D eigenvalue weighted by Gasteiger charge is -2.43. The number of Topliss-reactive ketones (excluding diaryl/α,β-unsaturated/α-hetero) is 1. The van der Waals surface area contributed by atoms with E-state index >= 15 is 0 Å². The number of aromatic nitrogens is 1. The third-order valence-electron chi connectivity index (χ3n) is 5.53. The summed E-state index contributed by atoms with van der Waals surface area (Å²) in [6.45, 7) is 12.4. The summed E-state index contributed by atoms with van der Waals surface area (Å²) in [5.41, 5.74) is 4.84. The quantitative estimate of drug-likeness (QED) is 0.852. The van der Waals surface area contributed by atoms with Crippen LogP contribution in [-0.4, -0.2) is 23.1 Å². The number of ketones is 1. The Bertz CT molecular complexity index is 887. The molecule has 0 spiro atoms. The smallest absolute Gasteiger partial charge is 0.167 e. The Morgan fingerprint density at radius 3 is 2.56 bits per heavy atom. The number of ether oxygens (including phenoxy) is 1. The molecule has 0 atom stereocenters. The first kappa shape index (κ1) is 16.2. The first-order valence-electron chi connectivity index (χ1n) is 8.74. The van der Waals surface area contributed by atoms with Gasteiger partial charge in [0.25, 0.3) is 0 Å². The van der Waals surface area contributed by atoms with Gasteiger partial charge in [-0.1, -0.05) is 5.16 Å².